The third kappa shape index (κ3) is 6.31. The summed E-state index contributed by atoms with van der Waals surface area (Å²) in [5, 5.41) is 5.25. The molecule has 0 bridgehead atoms. The van der Waals surface area contributed by atoms with Crippen molar-refractivity contribution in [2.45, 2.75) is 32.8 Å². The first-order valence-corrected chi connectivity index (χ1v) is 10.1. The third-order valence-corrected chi connectivity index (χ3v) is 4.57. The Labute approximate surface area is 185 Å². The average Bonchev–Trinajstić information content (AvgIpc) is 2.78. The van der Waals surface area contributed by atoms with E-state index in [-0.39, 0.29) is 24.5 Å². The summed E-state index contributed by atoms with van der Waals surface area (Å²) in [5.74, 6) is -0.523. The van der Waals surface area contributed by atoms with Crippen molar-refractivity contribution in [1.29, 1.82) is 0 Å². The highest BCUT2D eigenvalue weighted by Crippen LogP contribution is 2.31. The SMILES string of the molecule is CC(=O)Nc1ccc(NC(=O)C(C)OC(=O)CCC(=O)c2ccc3c(c2)OCCO3)cc1. The molecule has 2 aromatic carbocycles. The van der Waals surface area contributed by atoms with Gasteiger partial charge in [0.25, 0.3) is 5.91 Å². The normalized spacial score (nSPS) is 12.9. The molecule has 0 radical (unpaired) electrons. The van der Waals surface area contributed by atoms with E-state index >= 15 is 0 Å². The zero-order valence-corrected chi connectivity index (χ0v) is 17.8. The Morgan fingerprint density at radius 2 is 1.53 bits per heavy atom. The van der Waals surface area contributed by atoms with Gasteiger partial charge in [-0.3, -0.25) is 19.2 Å². The summed E-state index contributed by atoms with van der Waals surface area (Å²) in [6.45, 7) is 3.72. The van der Waals surface area contributed by atoms with Crippen molar-refractivity contribution < 1.29 is 33.4 Å². The third-order valence-electron chi connectivity index (χ3n) is 4.57. The minimum absolute atomic E-state index is 0.0581. The number of rotatable bonds is 8. The van der Waals surface area contributed by atoms with Crippen LogP contribution in [0.4, 0.5) is 11.4 Å². The number of amides is 2. The van der Waals surface area contributed by atoms with Crippen LogP contribution in [0.1, 0.15) is 37.0 Å². The number of esters is 1. The first-order valence-electron chi connectivity index (χ1n) is 10.1. The van der Waals surface area contributed by atoms with Gasteiger partial charge >= 0.3 is 5.97 Å². The Hall–Kier alpha value is -3.88. The van der Waals surface area contributed by atoms with E-state index in [2.05, 4.69) is 10.6 Å². The second-order valence-corrected chi connectivity index (χ2v) is 7.16. The van der Waals surface area contributed by atoms with Gasteiger partial charge in [-0.15, -0.1) is 0 Å². The van der Waals surface area contributed by atoms with Crippen LogP contribution in [0.5, 0.6) is 11.5 Å². The molecule has 0 aliphatic carbocycles. The second-order valence-electron chi connectivity index (χ2n) is 7.16. The van der Waals surface area contributed by atoms with Gasteiger partial charge in [-0.25, -0.2) is 0 Å². The van der Waals surface area contributed by atoms with Gasteiger partial charge < -0.3 is 24.8 Å². The lowest BCUT2D eigenvalue weighted by molar-refractivity contribution is -0.153. The second kappa shape index (κ2) is 10.4. The van der Waals surface area contributed by atoms with E-state index in [0.29, 0.717) is 41.7 Å². The van der Waals surface area contributed by atoms with Crippen molar-refractivity contribution in [3.8, 4) is 11.5 Å². The van der Waals surface area contributed by atoms with Crippen molar-refractivity contribution in [3.05, 3.63) is 48.0 Å². The fourth-order valence-electron chi connectivity index (χ4n) is 2.97. The Balaban J connectivity index is 1.45. The quantitative estimate of drug-likeness (QED) is 0.478. The lowest BCUT2D eigenvalue weighted by Gasteiger charge is -2.18. The van der Waals surface area contributed by atoms with Gasteiger partial charge in [0, 0.05) is 30.3 Å². The van der Waals surface area contributed by atoms with Crippen molar-refractivity contribution >= 4 is 34.9 Å². The van der Waals surface area contributed by atoms with E-state index in [0.717, 1.165) is 0 Å². The van der Waals surface area contributed by atoms with Crippen LogP contribution in [-0.4, -0.2) is 42.9 Å². The molecule has 1 aliphatic rings. The van der Waals surface area contributed by atoms with Gasteiger partial charge in [0.05, 0.1) is 6.42 Å². The number of Topliss-reactive ketones (excluding diaryl/α,β-unsaturated/α-hetero) is 1. The summed E-state index contributed by atoms with van der Waals surface area (Å²) in [7, 11) is 0. The number of carbonyl (C=O) groups excluding carboxylic acids is 4. The molecule has 2 amide bonds. The molecule has 9 nitrogen and oxygen atoms in total. The summed E-state index contributed by atoms with van der Waals surface area (Å²) >= 11 is 0. The van der Waals surface area contributed by atoms with E-state index in [4.69, 9.17) is 14.2 Å². The lowest BCUT2D eigenvalue weighted by atomic mass is 10.1. The summed E-state index contributed by atoms with van der Waals surface area (Å²) in [6.07, 6.45) is -1.25. The molecule has 0 aromatic heterocycles. The van der Waals surface area contributed by atoms with Gasteiger partial charge in [-0.2, -0.15) is 0 Å². The van der Waals surface area contributed by atoms with E-state index in [1.165, 1.54) is 13.8 Å². The first kappa shape index (κ1) is 22.8. The molecule has 1 atom stereocenters. The highest BCUT2D eigenvalue weighted by molar-refractivity contribution is 5.99. The molecule has 0 spiro atoms. The monoisotopic (exact) mass is 440 g/mol. The number of benzene rings is 2. The molecule has 9 heteroatoms. The Bertz CT molecular complexity index is 1020. The van der Waals surface area contributed by atoms with Crippen molar-refractivity contribution in [2.24, 2.45) is 0 Å². The van der Waals surface area contributed by atoms with Gasteiger partial charge in [-0.1, -0.05) is 0 Å². The lowest BCUT2D eigenvalue weighted by Crippen LogP contribution is -2.30. The highest BCUT2D eigenvalue weighted by Gasteiger charge is 2.20. The molecule has 1 heterocycles. The first-order chi connectivity index (χ1) is 15.3. The molecule has 32 heavy (non-hydrogen) atoms. The van der Waals surface area contributed by atoms with Gasteiger partial charge in [-0.05, 0) is 49.4 Å². The summed E-state index contributed by atoms with van der Waals surface area (Å²) in [4.78, 5) is 47.8. The van der Waals surface area contributed by atoms with E-state index in [1.807, 2.05) is 0 Å². The molecular weight excluding hydrogens is 416 g/mol. The number of hydrogen-bond donors (Lipinski definition) is 2. The van der Waals surface area contributed by atoms with E-state index < -0.39 is 18.0 Å². The fourth-order valence-corrected chi connectivity index (χ4v) is 2.97. The molecule has 2 N–H and O–H groups in total. The van der Waals surface area contributed by atoms with E-state index in [9.17, 15) is 19.2 Å². The predicted octanol–water partition coefficient (Wildman–Crippen LogP) is 2.95. The van der Waals surface area contributed by atoms with Crippen LogP contribution in [-0.2, 0) is 19.1 Å². The summed E-state index contributed by atoms with van der Waals surface area (Å²) in [5.41, 5.74) is 1.49. The number of fused-ring (bicyclic) bond motifs is 1. The predicted molar refractivity (Wildman–Crippen MR) is 116 cm³/mol. The zero-order valence-electron chi connectivity index (χ0n) is 17.8. The number of nitrogens with one attached hydrogen (secondary N) is 2. The highest BCUT2D eigenvalue weighted by atomic mass is 16.6. The minimum Gasteiger partial charge on any atom is -0.486 e. The van der Waals surface area contributed by atoms with Crippen LogP contribution in [0.25, 0.3) is 0 Å². The maximum absolute atomic E-state index is 12.4. The molecule has 0 saturated heterocycles. The van der Waals surface area contributed by atoms with Crippen LogP contribution in [0, 0.1) is 0 Å². The van der Waals surface area contributed by atoms with Crippen LogP contribution in [0.3, 0.4) is 0 Å². The zero-order chi connectivity index (χ0) is 23.1. The number of hydrogen-bond acceptors (Lipinski definition) is 7. The smallest absolute Gasteiger partial charge is 0.307 e. The molecule has 168 valence electrons. The van der Waals surface area contributed by atoms with Crippen LogP contribution in [0.2, 0.25) is 0 Å². The van der Waals surface area contributed by atoms with Gasteiger partial charge in [0.15, 0.2) is 23.4 Å². The molecule has 1 aliphatic heterocycles. The van der Waals surface area contributed by atoms with Gasteiger partial charge in [0.2, 0.25) is 5.91 Å². The van der Waals surface area contributed by atoms with Crippen LogP contribution >= 0.6 is 0 Å². The molecular formula is C23H24N2O7. The molecule has 0 fully saturated rings. The fraction of sp³-hybridized carbons (Fsp3) is 0.304. The van der Waals surface area contributed by atoms with Crippen LogP contribution in [0.15, 0.2) is 42.5 Å². The number of ether oxygens (including phenoxy) is 3. The number of anilines is 2. The molecule has 3 rings (SSSR count). The molecule has 1 unspecified atom stereocenters. The van der Waals surface area contributed by atoms with Crippen molar-refractivity contribution in [3.63, 3.8) is 0 Å². The maximum atomic E-state index is 12.4. The molecule has 0 saturated carbocycles. The number of carbonyl (C=O) groups is 4. The van der Waals surface area contributed by atoms with E-state index in [1.54, 1.807) is 42.5 Å². The number of ketones is 1. The Morgan fingerprint density at radius 1 is 0.906 bits per heavy atom. The Morgan fingerprint density at radius 3 is 2.19 bits per heavy atom. The maximum Gasteiger partial charge on any atom is 0.307 e. The van der Waals surface area contributed by atoms with Crippen molar-refractivity contribution in [2.75, 3.05) is 23.8 Å². The summed E-state index contributed by atoms with van der Waals surface area (Å²) in [6, 6.07) is 11.4. The standard InChI is InChI=1S/C23H24N2O7/c1-14(23(29)25-18-6-4-17(5-7-18)24-15(2)26)32-22(28)10-8-19(27)16-3-9-20-21(13-16)31-12-11-30-20/h3-7,9,13-14H,8,10-12H2,1-2H3,(H,24,26)(H,25,29). The van der Waals surface area contributed by atoms with Gasteiger partial charge in [0.1, 0.15) is 13.2 Å². The topological polar surface area (TPSA) is 120 Å². The Kier molecular flexibility index (Phi) is 7.43. The summed E-state index contributed by atoms with van der Waals surface area (Å²) < 4.78 is 16.0. The molecule has 2 aromatic rings. The van der Waals surface area contributed by atoms with Crippen molar-refractivity contribution in [1.82, 2.24) is 0 Å². The largest absolute Gasteiger partial charge is 0.486 e. The minimum atomic E-state index is -1.04. The average molecular weight is 440 g/mol. The van der Waals surface area contributed by atoms with Crippen LogP contribution < -0.4 is 20.1 Å².